The lowest BCUT2D eigenvalue weighted by Gasteiger charge is -2.32. The summed E-state index contributed by atoms with van der Waals surface area (Å²) < 4.78 is 69.7. The Labute approximate surface area is 270 Å². The van der Waals surface area contributed by atoms with Crippen molar-refractivity contribution in [1.29, 1.82) is 0 Å². The number of nitrogens with two attached hydrogens (primary N) is 1. The van der Waals surface area contributed by atoms with Crippen molar-refractivity contribution in [2.45, 2.75) is 42.5 Å². The highest BCUT2D eigenvalue weighted by Crippen LogP contribution is 2.48. The molecule has 2 atom stereocenters. The maximum Gasteiger partial charge on any atom is 0.424 e. The van der Waals surface area contributed by atoms with Gasteiger partial charge in [0.25, 0.3) is 5.91 Å². The number of halogens is 4. The predicted octanol–water partition coefficient (Wildman–Crippen LogP) is 3.41. The van der Waals surface area contributed by atoms with E-state index in [0.29, 0.717) is 10.9 Å². The molecular weight excluding hydrogens is 638 g/mol. The Balaban J connectivity index is 1.42. The number of benzene rings is 2. The molecule has 15 heteroatoms. The highest BCUT2D eigenvalue weighted by atomic mass is 19.4. The number of fused-ring (bicyclic) bond motifs is 2. The van der Waals surface area contributed by atoms with Crippen molar-refractivity contribution >= 4 is 28.6 Å². The first kappa shape index (κ1) is 32.6. The summed E-state index contributed by atoms with van der Waals surface area (Å²) in [5.74, 6) is -2.97. The van der Waals surface area contributed by atoms with Gasteiger partial charge in [0, 0.05) is 28.3 Å². The highest BCUT2D eigenvalue weighted by molar-refractivity contribution is 6.00. The van der Waals surface area contributed by atoms with Crippen molar-refractivity contribution in [2.75, 3.05) is 20.3 Å². The van der Waals surface area contributed by atoms with E-state index in [1.807, 2.05) is 0 Å². The molecule has 1 fully saturated rings. The number of ether oxygens (including phenoxy) is 2. The molecule has 1 aliphatic heterocycles. The maximum atomic E-state index is 14.9. The maximum absolute atomic E-state index is 14.9. The molecule has 2 aliphatic rings. The topological polar surface area (TPSA) is 166 Å². The first-order valence-corrected chi connectivity index (χ1v) is 14.7. The van der Waals surface area contributed by atoms with Gasteiger partial charge in [-0.25, -0.2) is 9.37 Å². The van der Waals surface area contributed by atoms with Crippen LogP contribution in [0.15, 0.2) is 60.8 Å². The van der Waals surface area contributed by atoms with Crippen molar-refractivity contribution in [1.82, 2.24) is 20.6 Å². The number of nitrogens with one attached hydrogen (secondary N) is 2. The molecule has 0 saturated heterocycles. The second kappa shape index (κ2) is 11.4. The molecule has 3 heterocycles. The SMILES string of the molecule is COc1cc(C(=O)NCC(O)(c2cc3c(c(-c4ccc(F)cc4)n2)OC[C@]3(C)C(=O)NC2(C(N)=O)CC2)C(F)(F)F)cc2cccnc12. The van der Waals surface area contributed by atoms with Crippen molar-refractivity contribution in [3.05, 3.63) is 83.4 Å². The van der Waals surface area contributed by atoms with Gasteiger partial charge in [0.05, 0.1) is 19.3 Å². The minimum atomic E-state index is -5.41. The van der Waals surface area contributed by atoms with Gasteiger partial charge in [0.2, 0.25) is 17.4 Å². The van der Waals surface area contributed by atoms with Crippen LogP contribution in [0.5, 0.6) is 11.5 Å². The Hall–Kier alpha value is -5.31. The number of nitrogens with zero attached hydrogens (tertiary/aromatic N) is 2. The molecule has 250 valence electrons. The monoisotopic (exact) mass is 667 g/mol. The fraction of sp³-hybridized carbons (Fsp3) is 0.303. The Bertz CT molecular complexity index is 1970. The fourth-order valence-corrected chi connectivity index (χ4v) is 5.59. The van der Waals surface area contributed by atoms with Crippen LogP contribution in [0.25, 0.3) is 22.2 Å². The van der Waals surface area contributed by atoms with Crippen LogP contribution in [0.3, 0.4) is 0 Å². The summed E-state index contributed by atoms with van der Waals surface area (Å²) in [4.78, 5) is 47.2. The average molecular weight is 668 g/mol. The molecule has 1 unspecified atom stereocenters. The highest BCUT2D eigenvalue weighted by Gasteiger charge is 2.59. The molecule has 3 amide bonds. The van der Waals surface area contributed by atoms with Gasteiger partial charge in [-0.05, 0) is 68.3 Å². The van der Waals surface area contributed by atoms with Crippen LogP contribution >= 0.6 is 0 Å². The minimum Gasteiger partial charge on any atom is -0.494 e. The molecule has 0 bridgehead atoms. The van der Waals surface area contributed by atoms with Crippen LogP contribution in [0.2, 0.25) is 0 Å². The van der Waals surface area contributed by atoms with Crippen molar-refractivity contribution in [3.8, 4) is 22.8 Å². The zero-order valence-corrected chi connectivity index (χ0v) is 25.6. The van der Waals surface area contributed by atoms with Crippen LogP contribution in [-0.4, -0.2) is 64.8 Å². The summed E-state index contributed by atoms with van der Waals surface area (Å²) in [7, 11) is 1.35. The Kier molecular flexibility index (Phi) is 7.77. The van der Waals surface area contributed by atoms with Gasteiger partial charge in [-0.3, -0.25) is 19.4 Å². The van der Waals surface area contributed by atoms with E-state index in [0.717, 1.165) is 18.2 Å². The molecule has 6 rings (SSSR count). The summed E-state index contributed by atoms with van der Waals surface area (Å²) in [6.45, 7) is -0.339. The third kappa shape index (κ3) is 5.43. The molecule has 5 N–H and O–H groups in total. The second-order valence-corrected chi connectivity index (χ2v) is 12.1. The number of alkyl halides is 3. The zero-order valence-electron chi connectivity index (χ0n) is 25.6. The molecule has 11 nitrogen and oxygen atoms in total. The zero-order chi connectivity index (χ0) is 34.6. The molecule has 0 spiro atoms. The summed E-state index contributed by atoms with van der Waals surface area (Å²) in [6.07, 6.45) is -3.32. The third-order valence-corrected chi connectivity index (χ3v) is 8.82. The number of hydrogen-bond donors (Lipinski definition) is 4. The summed E-state index contributed by atoms with van der Waals surface area (Å²) >= 11 is 0. The lowest BCUT2D eigenvalue weighted by atomic mass is 9.81. The summed E-state index contributed by atoms with van der Waals surface area (Å²) in [5, 5.41) is 16.7. The number of carbonyl (C=O) groups is 3. The molecule has 2 aromatic carbocycles. The number of methoxy groups -OCH3 is 1. The van der Waals surface area contributed by atoms with Crippen LogP contribution in [-0.2, 0) is 20.6 Å². The molecule has 2 aromatic heterocycles. The Morgan fingerprint density at radius 1 is 1.10 bits per heavy atom. The summed E-state index contributed by atoms with van der Waals surface area (Å²) in [6, 6.07) is 11.5. The first-order chi connectivity index (χ1) is 22.6. The van der Waals surface area contributed by atoms with Crippen LogP contribution in [0, 0.1) is 5.82 Å². The number of carbonyl (C=O) groups excluding carboxylic acids is 3. The van der Waals surface area contributed by atoms with Gasteiger partial charge < -0.3 is 30.9 Å². The van der Waals surface area contributed by atoms with E-state index in [9.17, 15) is 37.1 Å². The molecule has 1 aliphatic carbocycles. The van der Waals surface area contributed by atoms with Gasteiger partial charge in [0.1, 0.15) is 46.1 Å². The third-order valence-electron chi connectivity index (χ3n) is 8.82. The number of hydrogen-bond acceptors (Lipinski definition) is 8. The van der Waals surface area contributed by atoms with Crippen LogP contribution in [0.4, 0.5) is 17.6 Å². The summed E-state index contributed by atoms with van der Waals surface area (Å²) in [5.41, 5.74) is -2.05. The number of primary amides is 1. The normalized spacial score (nSPS) is 19.1. The van der Waals surface area contributed by atoms with E-state index in [1.165, 1.54) is 44.5 Å². The van der Waals surface area contributed by atoms with Gasteiger partial charge in [-0.2, -0.15) is 13.2 Å². The Morgan fingerprint density at radius 2 is 1.81 bits per heavy atom. The quantitative estimate of drug-likeness (QED) is 0.197. The number of amides is 3. The van der Waals surface area contributed by atoms with Crippen molar-refractivity contribution in [2.24, 2.45) is 5.73 Å². The lowest BCUT2D eigenvalue weighted by molar-refractivity contribution is -0.265. The fourth-order valence-electron chi connectivity index (χ4n) is 5.59. The van der Waals surface area contributed by atoms with E-state index in [4.69, 9.17) is 15.2 Å². The Morgan fingerprint density at radius 3 is 2.44 bits per heavy atom. The molecule has 1 saturated carbocycles. The number of rotatable bonds is 9. The largest absolute Gasteiger partial charge is 0.494 e. The van der Waals surface area contributed by atoms with E-state index in [1.54, 1.807) is 12.1 Å². The smallest absolute Gasteiger partial charge is 0.424 e. The first-order valence-electron chi connectivity index (χ1n) is 14.7. The van der Waals surface area contributed by atoms with E-state index < -0.39 is 58.5 Å². The van der Waals surface area contributed by atoms with Crippen LogP contribution in [0.1, 0.15) is 41.4 Å². The van der Waals surface area contributed by atoms with Crippen LogP contribution < -0.4 is 25.8 Å². The number of aromatic nitrogens is 2. The number of aliphatic hydroxyl groups is 1. The van der Waals surface area contributed by atoms with Gasteiger partial charge in [0.15, 0.2) is 0 Å². The standard InChI is InChI=1S/C33H29F4N5O6/c1-30(29(45)42-31(9-10-31)28(38)44)16-48-26-21(30)14-23(41-25(26)17-5-7-20(34)8-6-17)32(46,33(35,36)37)15-40-27(43)19-12-18-4-3-11-39-24(18)22(13-19)47-2/h3-8,11-14,46H,9-10,15-16H2,1-2H3,(H2,38,44)(H,40,43)(H,42,45)/t30-,32?/m0/s1. The molecule has 48 heavy (non-hydrogen) atoms. The van der Waals surface area contributed by atoms with Gasteiger partial charge >= 0.3 is 6.18 Å². The van der Waals surface area contributed by atoms with E-state index >= 15 is 0 Å². The average Bonchev–Trinajstić information content (AvgIpc) is 3.77. The molecular formula is C33H29F4N5O6. The van der Waals surface area contributed by atoms with E-state index in [-0.39, 0.29) is 53.3 Å². The van der Waals surface area contributed by atoms with Crippen molar-refractivity contribution in [3.63, 3.8) is 0 Å². The number of pyridine rings is 2. The molecule has 4 aromatic rings. The minimum absolute atomic E-state index is 0.0631. The second-order valence-electron chi connectivity index (χ2n) is 12.1. The molecule has 0 radical (unpaired) electrons. The predicted molar refractivity (Wildman–Crippen MR) is 162 cm³/mol. The van der Waals surface area contributed by atoms with E-state index in [2.05, 4.69) is 20.6 Å². The van der Waals surface area contributed by atoms with Gasteiger partial charge in [-0.15, -0.1) is 0 Å². The van der Waals surface area contributed by atoms with Gasteiger partial charge in [-0.1, -0.05) is 6.07 Å². The van der Waals surface area contributed by atoms with Crippen molar-refractivity contribution < 1.29 is 46.5 Å². The lowest BCUT2D eigenvalue weighted by Crippen LogP contribution is -2.54.